The molecule has 0 aliphatic rings. The smallest absolute Gasteiger partial charge is 0.256 e. The van der Waals surface area contributed by atoms with E-state index in [9.17, 15) is 4.79 Å². The second kappa shape index (κ2) is 7.64. The molecule has 0 aliphatic heterocycles. The van der Waals surface area contributed by atoms with Gasteiger partial charge in [-0.3, -0.25) is 14.5 Å². The van der Waals surface area contributed by atoms with Crippen LogP contribution < -0.4 is 5.32 Å². The molecule has 140 valence electrons. The molecule has 28 heavy (non-hydrogen) atoms. The number of para-hydroxylation sites is 1. The molecule has 5 nitrogen and oxygen atoms in total. The number of aromatic nitrogens is 3. The van der Waals surface area contributed by atoms with Crippen molar-refractivity contribution in [1.82, 2.24) is 14.8 Å². The van der Waals surface area contributed by atoms with Crippen LogP contribution in [0.4, 0.5) is 5.69 Å². The molecule has 1 N–H and O–H groups in total. The van der Waals surface area contributed by atoms with Gasteiger partial charge in [0.15, 0.2) is 0 Å². The predicted molar refractivity (Wildman–Crippen MR) is 112 cm³/mol. The summed E-state index contributed by atoms with van der Waals surface area (Å²) in [5.41, 5.74) is 4.29. The number of nitrogens with zero attached hydrogens (tertiary/aromatic N) is 3. The first-order chi connectivity index (χ1) is 13.6. The van der Waals surface area contributed by atoms with Crippen LogP contribution in [0.2, 0.25) is 0 Å². The summed E-state index contributed by atoms with van der Waals surface area (Å²) in [6, 6.07) is 19.4. The van der Waals surface area contributed by atoms with Crippen LogP contribution in [-0.4, -0.2) is 20.7 Å². The number of fused-ring (bicyclic) bond motifs is 1. The lowest BCUT2D eigenvalue weighted by molar-refractivity contribution is 0.102. The highest BCUT2D eigenvalue weighted by Gasteiger charge is 2.14. The summed E-state index contributed by atoms with van der Waals surface area (Å²) in [6.07, 6.45) is 3.69. The van der Waals surface area contributed by atoms with Crippen LogP contribution in [0.3, 0.4) is 0 Å². The van der Waals surface area contributed by atoms with E-state index >= 15 is 0 Å². The fourth-order valence-electron chi connectivity index (χ4n) is 3.15. The minimum Gasteiger partial charge on any atom is -0.322 e. The summed E-state index contributed by atoms with van der Waals surface area (Å²) in [6.45, 7) is 4.86. The minimum absolute atomic E-state index is 0.125. The van der Waals surface area contributed by atoms with Crippen molar-refractivity contribution in [3.8, 4) is 0 Å². The van der Waals surface area contributed by atoms with Crippen molar-refractivity contribution in [2.75, 3.05) is 5.32 Å². The van der Waals surface area contributed by atoms with Gasteiger partial charge in [0, 0.05) is 29.2 Å². The first-order valence-corrected chi connectivity index (χ1v) is 9.37. The third-order valence-electron chi connectivity index (χ3n) is 4.69. The van der Waals surface area contributed by atoms with Gasteiger partial charge < -0.3 is 5.32 Å². The van der Waals surface area contributed by atoms with E-state index in [1.54, 1.807) is 6.20 Å². The van der Waals surface area contributed by atoms with E-state index in [4.69, 9.17) is 0 Å². The molecule has 0 radical (unpaired) electrons. The topological polar surface area (TPSA) is 59.8 Å². The van der Waals surface area contributed by atoms with E-state index in [1.807, 2.05) is 71.5 Å². The second-order valence-electron chi connectivity index (χ2n) is 7.12. The Bertz CT molecular complexity index is 1100. The molecule has 2 aromatic heterocycles. The van der Waals surface area contributed by atoms with E-state index in [-0.39, 0.29) is 11.8 Å². The van der Waals surface area contributed by atoms with Crippen molar-refractivity contribution in [2.24, 2.45) is 0 Å². The Kier molecular flexibility index (Phi) is 4.89. The molecule has 0 saturated carbocycles. The third-order valence-corrected chi connectivity index (χ3v) is 4.69. The normalized spacial score (nSPS) is 11.1. The average Bonchev–Trinajstić information content (AvgIpc) is 3.21. The van der Waals surface area contributed by atoms with Gasteiger partial charge in [-0.15, -0.1) is 0 Å². The van der Waals surface area contributed by atoms with Crippen LogP contribution in [-0.2, 0) is 6.54 Å². The Hall–Kier alpha value is -3.47. The molecular weight excluding hydrogens is 348 g/mol. The van der Waals surface area contributed by atoms with Gasteiger partial charge in [-0.05, 0) is 41.8 Å². The van der Waals surface area contributed by atoms with Crippen molar-refractivity contribution >= 4 is 22.5 Å². The number of amides is 1. The molecule has 0 bridgehead atoms. The largest absolute Gasteiger partial charge is 0.322 e. The van der Waals surface area contributed by atoms with Crippen LogP contribution >= 0.6 is 0 Å². The lowest BCUT2D eigenvalue weighted by atomic mass is 10.0. The molecule has 4 rings (SSSR count). The summed E-state index contributed by atoms with van der Waals surface area (Å²) in [4.78, 5) is 17.7. The van der Waals surface area contributed by atoms with Crippen LogP contribution in [0.5, 0.6) is 0 Å². The zero-order valence-corrected chi connectivity index (χ0v) is 16.0. The molecule has 0 saturated heterocycles. The van der Waals surface area contributed by atoms with Gasteiger partial charge in [0.25, 0.3) is 5.91 Å². The number of rotatable bonds is 5. The predicted octanol–water partition coefficient (Wildman–Crippen LogP) is 4.86. The van der Waals surface area contributed by atoms with Crippen LogP contribution in [0.1, 0.15) is 41.4 Å². The zero-order chi connectivity index (χ0) is 19.5. The molecule has 2 aromatic carbocycles. The fraction of sp³-hybridized carbons (Fsp3) is 0.174. The number of hydrogen-bond donors (Lipinski definition) is 1. The van der Waals surface area contributed by atoms with Gasteiger partial charge in [-0.25, -0.2) is 0 Å². The quantitative estimate of drug-likeness (QED) is 0.546. The first kappa shape index (κ1) is 17.9. The van der Waals surface area contributed by atoms with Crippen molar-refractivity contribution in [3.63, 3.8) is 0 Å². The number of anilines is 1. The summed E-state index contributed by atoms with van der Waals surface area (Å²) < 4.78 is 1.87. The summed E-state index contributed by atoms with van der Waals surface area (Å²) in [7, 11) is 0. The van der Waals surface area contributed by atoms with Crippen molar-refractivity contribution in [1.29, 1.82) is 0 Å². The van der Waals surface area contributed by atoms with Gasteiger partial charge in [-0.2, -0.15) is 5.10 Å². The van der Waals surface area contributed by atoms with E-state index < -0.39 is 0 Å². The molecule has 2 heterocycles. The third kappa shape index (κ3) is 3.78. The molecule has 0 unspecified atom stereocenters. The maximum Gasteiger partial charge on any atom is 0.256 e. The Balaban J connectivity index is 1.58. The van der Waals surface area contributed by atoms with Gasteiger partial charge in [0.05, 0.1) is 17.6 Å². The van der Waals surface area contributed by atoms with Crippen molar-refractivity contribution in [2.45, 2.75) is 26.3 Å². The van der Waals surface area contributed by atoms with Gasteiger partial charge in [-0.1, -0.05) is 44.2 Å². The van der Waals surface area contributed by atoms with E-state index in [0.29, 0.717) is 12.1 Å². The average molecular weight is 370 g/mol. The standard InChI is InChI=1S/C23H22N4O/c1-16(2)22-14-20(19-6-3-4-7-21(19)26-22)23(28)25-18-10-8-17(9-11-18)15-27-13-5-12-24-27/h3-14,16H,15H2,1-2H3,(H,25,28). The lowest BCUT2D eigenvalue weighted by Crippen LogP contribution is -2.14. The first-order valence-electron chi connectivity index (χ1n) is 9.37. The Morgan fingerprint density at radius 2 is 1.86 bits per heavy atom. The minimum atomic E-state index is -0.125. The Labute approximate surface area is 164 Å². The van der Waals surface area contributed by atoms with Crippen LogP contribution in [0, 0.1) is 0 Å². The SMILES string of the molecule is CC(C)c1cc(C(=O)Nc2ccc(Cn3cccn3)cc2)c2ccccc2n1. The second-order valence-corrected chi connectivity index (χ2v) is 7.12. The number of pyridine rings is 1. The number of carbonyl (C=O) groups excluding carboxylic acids is 1. The van der Waals surface area contributed by atoms with Crippen molar-refractivity contribution < 1.29 is 4.79 Å². The molecule has 0 spiro atoms. The lowest BCUT2D eigenvalue weighted by Gasteiger charge is -2.12. The number of benzene rings is 2. The van der Waals surface area contributed by atoms with Crippen LogP contribution in [0.25, 0.3) is 10.9 Å². The van der Waals surface area contributed by atoms with Gasteiger partial charge in [0.2, 0.25) is 0 Å². The molecule has 4 aromatic rings. The maximum absolute atomic E-state index is 13.0. The van der Waals surface area contributed by atoms with Crippen molar-refractivity contribution in [3.05, 3.63) is 89.9 Å². The van der Waals surface area contributed by atoms with Gasteiger partial charge >= 0.3 is 0 Å². The summed E-state index contributed by atoms with van der Waals surface area (Å²) >= 11 is 0. The Morgan fingerprint density at radius 1 is 1.07 bits per heavy atom. The molecular formula is C23H22N4O. The van der Waals surface area contributed by atoms with Gasteiger partial charge in [0.1, 0.15) is 0 Å². The molecule has 0 aliphatic carbocycles. The Morgan fingerprint density at radius 3 is 2.57 bits per heavy atom. The monoisotopic (exact) mass is 370 g/mol. The van der Waals surface area contributed by atoms with Crippen LogP contribution in [0.15, 0.2) is 73.1 Å². The fourth-order valence-corrected chi connectivity index (χ4v) is 3.15. The molecule has 1 amide bonds. The molecule has 0 fully saturated rings. The summed E-state index contributed by atoms with van der Waals surface area (Å²) in [5.74, 6) is 0.123. The number of carbonyl (C=O) groups is 1. The van der Waals surface area contributed by atoms with E-state index in [2.05, 4.69) is 29.2 Å². The van der Waals surface area contributed by atoms with E-state index in [0.717, 1.165) is 27.8 Å². The maximum atomic E-state index is 13.0. The highest BCUT2D eigenvalue weighted by atomic mass is 16.1. The molecule has 0 atom stereocenters. The number of hydrogen-bond acceptors (Lipinski definition) is 3. The molecule has 5 heteroatoms. The zero-order valence-electron chi connectivity index (χ0n) is 16.0. The van der Waals surface area contributed by atoms with E-state index in [1.165, 1.54) is 0 Å². The highest BCUT2D eigenvalue weighted by Crippen LogP contribution is 2.23. The summed E-state index contributed by atoms with van der Waals surface area (Å²) in [5, 5.41) is 8.09. The number of nitrogens with one attached hydrogen (secondary N) is 1. The highest BCUT2D eigenvalue weighted by molar-refractivity contribution is 6.12.